The molecule has 66 heavy (non-hydrogen) atoms. The molecule has 0 saturated carbocycles. The number of aliphatic hydroxyl groups is 1. The van der Waals surface area contributed by atoms with Crippen LogP contribution in [0.3, 0.4) is 0 Å². The van der Waals surface area contributed by atoms with Crippen LogP contribution in [0.4, 0.5) is 21.5 Å². The monoisotopic (exact) mass is 908 g/mol. The molecule has 354 valence electrons. The predicted octanol–water partition coefficient (Wildman–Crippen LogP) is 3.01. The van der Waals surface area contributed by atoms with Crippen LogP contribution in [-0.2, 0) is 20.9 Å². The van der Waals surface area contributed by atoms with E-state index in [-0.39, 0.29) is 73.1 Å². The third-order valence-corrected chi connectivity index (χ3v) is 16.8. The second-order valence-corrected chi connectivity index (χ2v) is 20.9. The van der Waals surface area contributed by atoms with Crippen LogP contribution >= 0.6 is 0 Å². The van der Waals surface area contributed by atoms with Gasteiger partial charge in [-0.3, -0.25) is 50.4 Å². The van der Waals surface area contributed by atoms with Crippen molar-refractivity contribution in [2.45, 2.75) is 133 Å². The number of piperidine rings is 4. The zero-order valence-electron chi connectivity index (χ0n) is 38.2. The van der Waals surface area contributed by atoms with Gasteiger partial charge in [-0.15, -0.1) is 0 Å². The molecular formula is C49H66FN11O5. The summed E-state index contributed by atoms with van der Waals surface area (Å²) in [5, 5.41) is 32.5. The highest BCUT2D eigenvalue weighted by Gasteiger charge is 2.53. The zero-order valence-corrected chi connectivity index (χ0v) is 38.2. The van der Waals surface area contributed by atoms with Crippen molar-refractivity contribution in [3.05, 3.63) is 65.5 Å². The Morgan fingerprint density at radius 1 is 0.864 bits per heavy atom. The van der Waals surface area contributed by atoms with E-state index in [2.05, 4.69) is 82.7 Å². The van der Waals surface area contributed by atoms with Crippen LogP contribution in [0, 0.1) is 17.2 Å². The molecule has 7 saturated heterocycles. The molecule has 2 bridgehead atoms. The molecule has 9 heterocycles. The third kappa shape index (κ3) is 8.16. The molecule has 7 atom stereocenters. The van der Waals surface area contributed by atoms with E-state index in [4.69, 9.17) is 0 Å². The Kier molecular flexibility index (Phi) is 11.6. The molecule has 9 aliphatic heterocycles. The van der Waals surface area contributed by atoms with Crippen LogP contribution in [0.5, 0.6) is 0 Å². The van der Waals surface area contributed by atoms with Gasteiger partial charge in [0.15, 0.2) is 0 Å². The summed E-state index contributed by atoms with van der Waals surface area (Å²) in [7, 11) is 0. The summed E-state index contributed by atoms with van der Waals surface area (Å²) in [5.41, 5.74) is 3.23. The lowest BCUT2D eigenvalue weighted by molar-refractivity contribution is -0.146. The van der Waals surface area contributed by atoms with Crippen LogP contribution in [0.1, 0.15) is 99.9 Å². The van der Waals surface area contributed by atoms with Crippen molar-refractivity contribution in [2.24, 2.45) is 11.3 Å². The molecule has 17 heteroatoms. The SMILES string of the molecule is C[C@@]1(O)CC/C=C\CN2C(=O)C3CNC(Nc4ccc(N5CCC(N6CCC7(CCN(c8cc9c(cc8F)C(=O)N(C8CCC(=O)NC8=O)C9)CC7)C6)CC5)cc4)NC3N2C2CCCC1N2. The summed E-state index contributed by atoms with van der Waals surface area (Å²) in [6.07, 6.45) is 13.9. The van der Waals surface area contributed by atoms with Crippen LogP contribution in [0.15, 0.2) is 48.6 Å². The second kappa shape index (κ2) is 17.5. The largest absolute Gasteiger partial charge is 0.389 e. The Balaban J connectivity index is 0.658. The highest BCUT2D eigenvalue weighted by atomic mass is 19.1. The highest BCUT2D eigenvalue weighted by molar-refractivity contribution is 6.05. The van der Waals surface area contributed by atoms with Gasteiger partial charge in [-0.05, 0) is 131 Å². The number of rotatable bonds is 6. The van der Waals surface area contributed by atoms with Crippen molar-refractivity contribution >= 4 is 40.7 Å². The average molecular weight is 908 g/mol. The van der Waals surface area contributed by atoms with Gasteiger partial charge in [0.25, 0.3) is 5.91 Å². The molecule has 6 unspecified atom stereocenters. The molecule has 0 radical (unpaired) electrons. The van der Waals surface area contributed by atoms with Gasteiger partial charge in [0.2, 0.25) is 17.7 Å². The maximum absolute atomic E-state index is 15.7. The van der Waals surface area contributed by atoms with Crippen molar-refractivity contribution in [1.29, 1.82) is 0 Å². The molecule has 0 aromatic heterocycles. The molecule has 2 aromatic carbocycles. The molecule has 4 amide bonds. The van der Waals surface area contributed by atoms with Crippen molar-refractivity contribution in [3.8, 4) is 0 Å². The van der Waals surface area contributed by atoms with Gasteiger partial charge in [-0.1, -0.05) is 12.2 Å². The minimum atomic E-state index is -0.815. The topological polar surface area (TPSA) is 168 Å². The fraction of sp³-hybridized carbons (Fsp3) is 0.633. The van der Waals surface area contributed by atoms with Crippen LogP contribution in [-0.4, -0.2) is 143 Å². The fourth-order valence-corrected chi connectivity index (χ4v) is 12.9. The maximum atomic E-state index is 15.7. The van der Waals surface area contributed by atoms with Crippen molar-refractivity contribution in [1.82, 2.24) is 41.1 Å². The number of allylic oxidation sites excluding steroid dienone is 1. The van der Waals surface area contributed by atoms with E-state index in [1.165, 1.54) is 16.7 Å². The minimum absolute atomic E-state index is 0.0276. The Morgan fingerprint density at radius 3 is 2.44 bits per heavy atom. The van der Waals surface area contributed by atoms with Crippen LogP contribution < -0.4 is 36.4 Å². The highest BCUT2D eigenvalue weighted by Crippen LogP contribution is 2.44. The second-order valence-electron chi connectivity index (χ2n) is 20.9. The summed E-state index contributed by atoms with van der Waals surface area (Å²) in [6.45, 7) is 9.01. The fourth-order valence-electron chi connectivity index (χ4n) is 12.9. The smallest absolute Gasteiger partial charge is 0.255 e. The Morgan fingerprint density at radius 2 is 1.65 bits per heavy atom. The van der Waals surface area contributed by atoms with Gasteiger partial charge in [-0.25, -0.2) is 4.39 Å². The van der Waals surface area contributed by atoms with Crippen molar-refractivity contribution in [2.75, 3.05) is 67.5 Å². The number of amides is 4. The molecule has 9 aliphatic rings. The lowest BCUT2D eigenvalue weighted by Gasteiger charge is -2.47. The first kappa shape index (κ1) is 43.9. The maximum Gasteiger partial charge on any atom is 0.255 e. The summed E-state index contributed by atoms with van der Waals surface area (Å²) in [6, 6.07) is 11.7. The van der Waals surface area contributed by atoms with Gasteiger partial charge in [-0.2, -0.15) is 5.01 Å². The zero-order chi connectivity index (χ0) is 45.3. The number of fused-ring (bicyclic) bond motifs is 7. The van der Waals surface area contributed by atoms with Gasteiger partial charge >= 0.3 is 0 Å². The number of benzene rings is 2. The minimum Gasteiger partial charge on any atom is -0.389 e. The van der Waals surface area contributed by atoms with Crippen molar-refractivity contribution in [3.63, 3.8) is 0 Å². The number of nitrogens with one attached hydrogen (secondary N) is 5. The number of anilines is 3. The molecule has 11 rings (SSSR count). The number of halogens is 1. The first-order valence-electron chi connectivity index (χ1n) is 24.7. The number of nitrogens with zero attached hydrogens (tertiary/aromatic N) is 6. The van der Waals surface area contributed by atoms with E-state index in [0.29, 0.717) is 36.8 Å². The summed E-state index contributed by atoms with van der Waals surface area (Å²) >= 11 is 0. The first-order valence-corrected chi connectivity index (χ1v) is 24.7. The summed E-state index contributed by atoms with van der Waals surface area (Å²) in [5.74, 6) is -1.62. The van der Waals surface area contributed by atoms with Gasteiger partial charge < -0.3 is 25.1 Å². The quantitative estimate of drug-likeness (QED) is 0.185. The standard InChI is InChI=1S/C49H66FN11O5/c1-48(66)16-3-2-4-20-60-46(65)36-28-51-47(55-43(36)61(60)41-7-5-6-40(48)53-41)52-32-8-10-33(11-9-32)56-21-14-34(15-22-56)58-25-19-49(30-58)17-23-57(24-18-49)39-26-31-29-59(45(64)35(31)27-37(39)50)38-12-13-42(62)54-44(38)63/h2,4,8-11,26-27,34,36,38,40-41,43,47,51-53,55,66H,3,5-7,12-25,28-30H2,1H3,(H,54,62,63)/b4-2-/t36?,38?,40?,41?,43?,47?,48-/m1/s1. The molecule has 6 N–H and O–H groups in total. The predicted molar refractivity (Wildman–Crippen MR) is 247 cm³/mol. The van der Waals surface area contributed by atoms with E-state index >= 15 is 4.39 Å². The van der Waals surface area contributed by atoms with E-state index in [1.54, 1.807) is 0 Å². The average Bonchev–Trinajstić information content (AvgIpc) is 3.96. The van der Waals surface area contributed by atoms with Gasteiger partial charge in [0.1, 0.15) is 18.1 Å². The lowest BCUT2D eigenvalue weighted by atomic mass is 9.77. The van der Waals surface area contributed by atoms with Gasteiger partial charge in [0, 0.05) is 81.3 Å². The van der Waals surface area contributed by atoms with Gasteiger partial charge in [0.05, 0.1) is 36.1 Å². The molecular weight excluding hydrogens is 842 g/mol. The number of carbonyl (C=O) groups excluding carboxylic acids is 4. The normalized spacial score (nSPS) is 33.7. The van der Waals surface area contributed by atoms with Crippen LogP contribution in [0.2, 0.25) is 0 Å². The third-order valence-electron chi connectivity index (χ3n) is 16.8. The molecule has 2 aromatic rings. The number of imide groups is 1. The summed E-state index contributed by atoms with van der Waals surface area (Å²) < 4.78 is 15.7. The Labute approximate surface area is 386 Å². The number of likely N-dealkylation sites (tertiary alicyclic amines) is 1. The lowest BCUT2D eigenvalue weighted by Crippen LogP contribution is -2.69. The number of hydrogen-bond acceptors (Lipinski definition) is 13. The molecule has 7 fully saturated rings. The van der Waals surface area contributed by atoms with Crippen molar-refractivity contribution < 1.29 is 28.7 Å². The Bertz CT molecular complexity index is 2240. The molecule has 0 aliphatic carbocycles. The first-order chi connectivity index (χ1) is 31.9. The van der Waals surface area contributed by atoms with E-state index in [0.717, 1.165) is 108 Å². The van der Waals surface area contributed by atoms with E-state index in [9.17, 15) is 24.3 Å². The molecule has 1 spiro atoms. The Hall–Kier alpha value is -4.65. The molecule has 16 nitrogen and oxygen atoms in total. The van der Waals surface area contributed by atoms with E-state index in [1.807, 2.05) is 18.0 Å². The number of hydrogen-bond donors (Lipinski definition) is 6. The van der Waals surface area contributed by atoms with E-state index < -0.39 is 23.4 Å². The number of carbonyl (C=O) groups is 4. The number of hydrazine groups is 1. The summed E-state index contributed by atoms with van der Waals surface area (Å²) in [4.78, 5) is 60.1. The van der Waals surface area contributed by atoms with Crippen LogP contribution in [0.25, 0.3) is 0 Å².